The van der Waals surface area contributed by atoms with Crippen LogP contribution in [0, 0.1) is 0 Å². The molecule has 0 fully saturated rings. The summed E-state index contributed by atoms with van der Waals surface area (Å²) in [5, 5.41) is 11.3. The van der Waals surface area contributed by atoms with Crippen molar-refractivity contribution in [2.45, 2.75) is 17.4 Å². The first kappa shape index (κ1) is 20.9. The molecule has 1 amide bonds. The van der Waals surface area contributed by atoms with Gasteiger partial charge in [-0.1, -0.05) is 77.7 Å². The highest BCUT2D eigenvalue weighted by Crippen LogP contribution is 2.28. The third kappa shape index (κ3) is 6.33. The summed E-state index contributed by atoms with van der Waals surface area (Å²) in [5.74, 6) is 1.55. The molecule has 0 aliphatic rings. The first-order valence-corrected chi connectivity index (χ1v) is 10.7. The van der Waals surface area contributed by atoms with Gasteiger partial charge in [0.05, 0.1) is 7.11 Å². The molecular weight excluding hydrogens is 406 g/mol. The number of amides is 1. The van der Waals surface area contributed by atoms with Crippen LogP contribution in [0.4, 0.5) is 5.13 Å². The standard InChI is InChI=1S/C21H21N3O3S2/c1-15(27-18-13-7-6-12-17(18)26-2)19(25)22-20-23-24-21(29-20)28-14-8-11-16-9-4-3-5-10-16/h3-13,15H,14H2,1-2H3,(H,22,23,25)/b11-8+. The molecule has 1 N–H and O–H groups in total. The molecular formula is C21H21N3O3S2. The van der Waals surface area contributed by atoms with Crippen LogP contribution in [0.25, 0.3) is 6.08 Å². The van der Waals surface area contributed by atoms with E-state index in [9.17, 15) is 4.79 Å². The van der Waals surface area contributed by atoms with Crippen molar-refractivity contribution in [3.05, 3.63) is 66.2 Å². The van der Waals surface area contributed by atoms with Gasteiger partial charge < -0.3 is 9.47 Å². The van der Waals surface area contributed by atoms with Gasteiger partial charge in [0.1, 0.15) is 0 Å². The van der Waals surface area contributed by atoms with Gasteiger partial charge in [-0.15, -0.1) is 10.2 Å². The Bertz CT molecular complexity index is 961. The fraction of sp³-hybridized carbons (Fsp3) is 0.190. The van der Waals surface area contributed by atoms with E-state index in [4.69, 9.17) is 9.47 Å². The summed E-state index contributed by atoms with van der Waals surface area (Å²) in [6, 6.07) is 17.3. The normalized spacial score (nSPS) is 11.9. The van der Waals surface area contributed by atoms with E-state index in [1.807, 2.05) is 42.5 Å². The first-order chi connectivity index (χ1) is 14.2. The molecule has 29 heavy (non-hydrogen) atoms. The summed E-state index contributed by atoms with van der Waals surface area (Å²) in [5.41, 5.74) is 1.15. The van der Waals surface area contributed by atoms with Crippen LogP contribution in [0.1, 0.15) is 12.5 Å². The number of hydrogen-bond acceptors (Lipinski definition) is 7. The topological polar surface area (TPSA) is 73.3 Å². The number of methoxy groups -OCH3 is 1. The summed E-state index contributed by atoms with van der Waals surface area (Å²) >= 11 is 2.90. The van der Waals surface area contributed by atoms with Crippen molar-refractivity contribution in [3.63, 3.8) is 0 Å². The number of hydrogen-bond donors (Lipinski definition) is 1. The van der Waals surface area contributed by atoms with Gasteiger partial charge in [0.15, 0.2) is 21.9 Å². The number of para-hydroxylation sites is 2. The molecule has 8 heteroatoms. The minimum absolute atomic E-state index is 0.299. The van der Waals surface area contributed by atoms with E-state index in [1.165, 1.54) is 11.3 Å². The lowest BCUT2D eigenvalue weighted by molar-refractivity contribution is -0.122. The van der Waals surface area contributed by atoms with Gasteiger partial charge in [0, 0.05) is 5.75 Å². The summed E-state index contributed by atoms with van der Waals surface area (Å²) in [4.78, 5) is 12.4. The fourth-order valence-corrected chi connectivity index (χ4v) is 3.94. The Morgan fingerprint density at radius 1 is 1.14 bits per heavy atom. The summed E-state index contributed by atoms with van der Waals surface area (Å²) in [6.07, 6.45) is 3.43. The average Bonchev–Trinajstić information content (AvgIpc) is 3.19. The highest BCUT2D eigenvalue weighted by Gasteiger charge is 2.18. The third-order valence-electron chi connectivity index (χ3n) is 3.79. The Morgan fingerprint density at radius 2 is 1.86 bits per heavy atom. The van der Waals surface area contributed by atoms with Crippen molar-refractivity contribution >= 4 is 40.2 Å². The van der Waals surface area contributed by atoms with Crippen molar-refractivity contribution in [3.8, 4) is 11.5 Å². The predicted molar refractivity (Wildman–Crippen MR) is 118 cm³/mol. The molecule has 3 rings (SSSR count). The van der Waals surface area contributed by atoms with E-state index in [0.29, 0.717) is 16.6 Å². The van der Waals surface area contributed by atoms with Crippen molar-refractivity contribution in [2.75, 3.05) is 18.2 Å². The lowest BCUT2D eigenvalue weighted by atomic mass is 10.2. The van der Waals surface area contributed by atoms with Gasteiger partial charge in [-0.25, -0.2) is 0 Å². The zero-order valence-corrected chi connectivity index (χ0v) is 17.7. The Balaban J connectivity index is 1.48. The van der Waals surface area contributed by atoms with Gasteiger partial charge in [-0.05, 0) is 24.6 Å². The molecule has 0 spiro atoms. The summed E-state index contributed by atoms with van der Waals surface area (Å²) in [7, 11) is 1.56. The van der Waals surface area contributed by atoms with Crippen LogP contribution in [0.5, 0.6) is 11.5 Å². The van der Waals surface area contributed by atoms with Crippen molar-refractivity contribution < 1.29 is 14.3 Å². The number of carbonyl (C=O) groups excluding carboxylic acids is 1. The minimum atomic E-state index is -0.708. The maximum absolute atomic E-state index is 12.4. The SMILES string of the molecule is COc1ccccc1OC(C)C(=O)Nc1nnc(SC/C=C/c2ccccc2)s1. The number of rotatable bonds is 9. The Labute approximate surface area is 178 Å². The number of ether oxygens (including phenoxy) is 2. The van der Waals surface area contributed by atoms with Crippen LogP contribution in [-0.4, -0.2) is 35.1 Å². The Morgan fingerprint density at radius 3 is 2.62 bits per heavy atom. The molecule has 0 aliphatic heterocycles. The van der Waals surface area contributed by atoms with E-state index >= 15 is 0 Å². The monoisotopic (exact) mass is 427 g/mol. The van der Waals surface area contributed by atoms with Crippen molar-refractivity contribution in [1.82, 2.24) is 10.2 Å². The molecule has 0 bridgehead atoms. The summed E-state index contributed by atoms with van der Waals surface area (Å²) < 4.78 is 11.7. The first-order valence-electron chi connectivity index (χ1n) is 8.94. The second-order valence-electron chi connectivity index (χ2n) is 5.90. The van der Waals surface area contributed by atoms with Crippen LogP contribution < -0.4 is 14.8 Å². The largest absolute Gasteiger partial charge is 0.493 e. The molecule has 3 aromatic rings. The maximum atomic E-state index is 12.4. The molecule has 1 atom stereocenters. The van der Waals surface area contributed by atoms with Gasteiger partial charge in [-0.3, -0.25) is 10.1 Å². The average molecular weight is 428 g/mol. The van der Waals surface area contributed by atoms with Gasteiger partial charge in [0.25, 0.3) is 5.91 Å². The molecule has 150 valence electrons. The predicted octanol–water partition coefficient (Wildman–Crippen LogP) is 4.76. The van der Waals surface area contributed by atoms with Crippen molar-refractivity contribution in [1.29, 1.82) is 0 Å². The quantitative estimate of drug-likeness (QED) is 0.392. The molecule has 1 unspecified atom stereocenters. The number of nitrogens with zero attached hydrogens (tertiary/aromatic N) is 2. The molecule has 0 aliphatic carbocycles. The van der Waals surface area contributed by atoms with Crippen LogP contribution in [0.3, 0.4) is 0 Å². The lowest BCUT2D eigenvalue weighted by Crippen LogP contribution is -2.30. The molecule has 0 saturated carbocycles. The summed E-state index contributed by atoms with van der Waals surface area (Å²) in [6.45, 7) is 1.67. The molecule has 1 aromatic heterocycles. The van der Waals surface area contributed by atoms with E-state index < -0.39 is 6.10 Å². The molecule has 6 nitrogen and oxygen atoms in total. The molecule has 1 heterocycles. The maximum Gasteiger partial charge on any atom is 0.266 e. The van der Waals surface area contributed by atoms with Gasteiger partial charge >= 0.3 is 0 Å². The van der Waals surface area contributed by atoms with Gasteiger partial charge in [0.2, 0.25) is 5.13 Å². The third-order valence-corrected chi connectivity index (χ3v) is 5.72. The second kappa shape index (κ2) is 10.6. The second-order valence-corrected chi connectivity index (χ2v) is 8.14. The zero-order valence-electron chi connectivity index (χ0n) is 16.1. The van der Waals surface area contributed by atoms with Crippen LogP contribution in [0.2, 0.25) is 0 Å². The lowest BCUT2D eigenvalue weighted by Gasteiger charge is -2.15. The van der Waals surface area contributed by atoms with E-state index in [2.05, 4.69) is 27.7 Å². The Kier molecular flexibility index (Phi) is 7.66. The number of benzene rings is 2. The molecule has 2 aromatic carbocycles. The van der Waals surface area contributed by atoms with E-state index in [0.717, 1.165) is 15.7 Å². The fourth-order valence-electron chi connectivity index (χ4n) is 2.35. The zero-order chi connectivity index (χ0) is 20.5. The number of nitrogens with one attached hydrogen (secondary N) is 1. The van der Waals surface area contributed by atoms with Crippen LogP contribution >= 0.6 is 23.1 Å². The van der Waals surface area contributed by atoms with E-state index in [1.54, 1.807) is 37.9 Å². The highest BCUT2D eigenvalue weighted by atomic mass is 32.2. The smallest absolute Gasteiger partial charge is 0.266 e. The van der Waals surface area contributed by atoms with Crippen molar-refractivity contribution in [2.24, 2.45) is 0 Å². The number of thioether (sulfide) groups is 1. The Hall–Kier alpha value is -2.84. The minimum Gasteiger partial charge on any atom is -0.493 e. The van der Waals surface area contributed by atoms with Gasteiger partial charge in [-0.2, -0.15) is 0 Å². The molecule has 0 saturated heterocycles. The highest BCUT2D eigenvalue weighted by molar-refractivity contribution is 8.01. The number of carbonyl (C=O) groups is 1. The molecule has 0 radical (unpaired) electrons. The van der Waals surface area contributed by atoms with E-state index in [-0.39, 0.29) is 5.91 Å². The van der Waals surface area contributed by atoms with Crippen LogP contribution in [-0.2, 0) is 4.79 Å². The van der Waals surface area contributed by atoms with Crippen LogP contribution in [0.15, 0.2) is 65.0 Å². The number of aromatic nitrogens is 2. The number of anilines is 1.